The Morgan fingerprint density at radius 1 is 1.41 bits per heavy atom. The van der Waals surface area contributed by atoms with Crippen LogP contribution in [0, 0.1) is 0 Å². The van der Waals surface area contributed by atoms with Crippen molar-refractivity contribution in [2.75, 3.05) is 26.7 Å². The summed E-state index contributed by atoms with van der Waals surface area (Å²) in [6.45, 7) is 3.99. The van der Waals surface area contributed by atoms with Gasteiger partial charge in [-0.25, -0.2) is 0 Å². The fourth-order valence-electron chi connectivity index (χ4n) is 1.87. The molecule has 0 aromatic carbocycles. The number of carbonyl (C=O) groups is 2. The third-order valence-electron chi connectivity index (χ3n) is 2.81. The summed E-state index contributed by atoms with van der Waals surface area (Å²) in [5.74, 6) is 0.233. The molecule has 2 N–H and O–H groups in total. The van der Waals surface area contributed by atoms with Crippen LogP contribution < -0.4 is 10.6 Å². The maximum atomic E-state index is 11.4. The van der Waals surface area contributed by atoms with Crippen LogP contribution in [0.4, 0.5) is 0 Å². The van der Waals surface area contributed by atoms with Gasteiger partial charge in [0.05, 0.1) is 0 Å². The van der Waals surface area contributed by atoms with Crippen LogP contribution in [0.3, 0.4) is 0 Å². The number of nitrogens with zero attached hydrogens (tertiary/aromatic N) is 1. The van der Waals surface area contributed by atoms with Crippen molar-refractivity contribution in [3.8, 4) is 0 Å². The molecule has 1 saturated heterocycles. The Bertz CT molecular complexity index is 261. The van der Waals surface area contributed by atoms with E-state index in [0.717, 1.165) is 13.0 Å². The second-order valence-electron chi connectivity index (χ2n) is 4.10. The summed E-state index contributed by atoms with van der Waals surface area (Å²) in [6.07, 6.45) is 1.91. The zero-order chi connectivity index (χ0) is 12.0. The largest absolute Gasteiger partial charge is 0.351 e. The molecule has 1 aliphatic rings. The molecule has 2 amide bonds. The molecule has 17 heavy (non-hydrogen) atoms. The SMILES string of the molecule is CCC(=O)N1CCC(NC(=O)CCNC)C1.Cl. The van der Waals surface area contributed by atoms with Crippen LogP contribution in [0.1, 0.15) is 26.2 Å². The smallest absolute Gasteiger partial charge is 0.222 e. The Kier molecular flexibility index (Phi) is 7.91. The fourth-order valence-corrected chi connectivity index (χ4v) is 1.87. The molecule has 1 rings (SSSR count). The molecule has 0 bridgehead atoms. The third kappa shape index (κ3) is 5.37. The van der Waals surface area contributed by atoms with Crippen LogP contribution in [0.2, 0.25) is 0 Å². The first-order valence-corrected chi connectivity index (χ1v) is 5.89. The summed E-state index contributed by atoms with van der Waals surface area (Å²) in [4.78, 5) is 24.7. The highest BCUT2D eigenvalue weighted by Gasteiger charge is 2.25. The molecule has 1 aliphatic heterocycles. The first-order chi connectivity index (χ1) is 7.67. The standard InChI is InChI=1S/C11H21N3O2.ClH/c1-3-11(16)14-7-5-9(8-14)13-10(15)4-6-12-2;/h9,12H,3-8H2,1-2H3,(H,13,15);1H. The van der Waals surface area contributed by atoms with Crippen LogP contribution in [-0.2, 0) is 9.59 Å². The maximum Gasteiger partial charge on any atom is 0.222 e. The van der Waals surface area contributed by atoms with Gasteiger partial charge in [0.1, 0.15) is 0 Å². The Labute approximate surface area is 109 Å². The summed E-state index contributed by atoms with van der Waals surface area (Å²) in [5, 5.41) is 5.88. The molecule has 0 spiro atoms. The van der Waals surface area contributed by atoms with Crippen molar-refractivity contribution < 1.29 is 9.59 Å². The van der Waals surface area contributed by atoms with Crippen LogP contribution in [0.5, 0.6) is 0 Å². The molecule has 5 nitrogen and oxygen atoms in total. The molecular formula is C11H22ClN3O2. The predicted molar refractivity (Wildman–Crippen MR) is 69.2 cm³/mol. The molecular weight excluding hydrogens is 242 g/mol. The topological polar surface area (TPSA) is 61.4 Å². The molecule has 0 saturated carbocycles. The van der Waals surface area contributed by atoms with E-state index in [4.69, 9.17) is 0 Å². The van der Waals surface area contributed by atoms with Crippen molar-refractivity contribution in [3.63, 3.8) is 0 Å². The average molecular weight is 264 g/mol. The van der Waals surface area contributed by atoms with E-state index in [-0.39, 0.29) is 30.3 Å². The average Bonchev–Trinajstić information content (AvgIpc) is 2.73. The van der Waals surface area contributed by atoms with Gasteiger partial charge in [-0.2, -0.15) is 0 Å². The lowest BCUT2D eigenvalue weighted by molar-refractivity contribution is -0.130. The lowest BCUT2D eigenvalue weighted by Gasteiger charge is -2.16. The molecule has 0 aromatic rings. The monoisotopic (exact) mass is 263 g/mol. The van der Waals surface area contributed by atoms with Gasteiger partial charge in [0.2, 0.25) is 11.8 Å². The van der Waals surface area contributed by atoms with Crippen LogP contribution in [-0.4, -0.2) is 49.4 Å². The van der Waals surface area contributed by atoms with Gasteiger partial charge in [0.15, 0.2) is 0 Å². The summed E-state index contributed by atoms with van der Waals surface area (Å²) in [7, 11) is 1.82. The number of carbonyl (C=O) groups excluding carboxylic acids is 2. The minimum Gasteiger partial charge on any atom is -0.351 e. The zero-order valence-corrected chi connectivity index (χ0v) is 11.3. The second-order valence-corrected chi connectivity index (χ2v) is 4.10. The number of rotatable bonds is 5. The van der Waals surface area contributed by atoms with E-state index >= 15 is 0 Å². The normalized spacial score (nSPS) is 18.7. The number of amides is 2. The number of hydrogen-bond donors (Lipinski definition) is 2. The van der Waals surface area contributed by atoms with Gasteiger partial charge < -0.3 is 15.5 Å². The van der Waals surface area contributed by atoms with Crippen molar-refractivity contribution in [1.29, 1.82) is 0 Å². The van der Waals surface area contributed by atoms with E-state index in [2.05, 4.69) is 10.6 Å². The number of nitrogens with one attached hydrogen (secondary N) is 2. The summed E-state index contributed by atoms with van der Waals surface area (Å²) in [6, 6.07) is 0.139. The first kappa shape index (κ1) is 16.2. The van der Waals surface area contributed by atoms with Crippen molar-refractivity contribution in [2.45, 2.75) is 32.2 Å². The molecule has 1 fully saturated rings. The van der Waals surface area contributed by atoms with Crippen molar-refractivity contribution in [1.82, 2.24) is 15.5 Å². The van der Waals surface area contributed by atoms with Gasteiger partial charge in [-0.1, -0.05) is 6.92 Å². The highest BCUT2D eigenvalue weighted by Crippen LogP contribution is 2.10. The Morgan fingerprint density at radius 3 is 2.71 bits per heavy atom. The van der Waals surface area contributed by atoms with Crippen molar-refractivity contribution >= 4 is 24.2 Å². The molecule has 6 heteroatoms. The van der Waals surface area contributed by atoms with Gasteiger partial charge in [-0.05, 0) is 13.5 Å². The second kappa shape index (κ2) is 8.31. The van der Waals surface area contributed by atoms with Gasteiger partial charge in [-0.15, -0.1) is 12.4 Å². The fraction of sp³-hybridized carbons (Fsp3) is 0.818. The van der Waals surface area contributed by atoms with Gasteiger partial charge in [0.25, 0.3) is 0 Å². The van der Waals surface area contributed by atoms with E-state index < -0.39 is 0 Å². The Hall–Kier alpha value is -0.810. The van der Waals surface area contributed by atoms with Gasteiger partial charge in [0, 0.05) is 38.5 Å². The zero-order valence-electron chi connectivity index (χ0n) is 10.5. The Balaban J connectivity index is 0.00000256. The first-order valence-electron chi connectivity index (χ1n) is 5.89. The molecule has 0 radical (unpaired) electrons. The molecule has 0 aliphatic carbocycles. The van der Waals surface area contributed by atoms with E-state index in [1.807, 2.05) is 18.9 Å². The van der Waals surface area contributed by atoms with Crippen molar-refractivity contribution in [2.24, 2.45) is 0 Å². The van der Waals surface area contributed by atoms with Gasteiger partial charge >= 0.3 is 0 Å². The lowest BCUT2D eigenvalue weighted by Crippen LogP contribution is -2.39. The van der Waals surface area contributed by atoms with Crippen LogP contribution >= 0.6 is 12.4 Å². The molecule has 0 aromatic heterocycles. The molecule has 100 valence electrons. The molecule has 1 unspecified atom stereocenters. The minimum absolute atomic E-state index is 0. The highest BCUT2D eigenvalue weighted by atomic mass is 35.5. The number of hydrogen-bond acceptors (Lipinski definition) is 3. The highest BCUT2D eigenvalue weighted by molar-refractivity contribution is 5.85. The number of likely N-dealkylation sites (tertiary alicyclic amines) is 1. The van der Waals surface area contributed by atoms with E-state index in [1.165, 1.54) is 0 Å². The molecule has 1 atom stereocenters. The van der Waals surface area contributed by atoms with E-state index in [9.17, 15) is 9.59 Å². The summed E-state index contributed by atoms with van der Waals surface area (Å²) >= 11 is 0. The Morgan fingerprint density at radius 2 is 2.12 bits per heavy atom. The van der Waals surface area contributed by atoms with Crippen LogP contribution in [0.15, 0.2) is 0 Å². The summed E-state index contributed by atoms with van der Waals surface area (Å²) in [5.41, 5.74) is 0. The maximum absolute atomic E-state index is 11.4. The molecule has 1 heterocycles. The van der Waals surface area contributed by atoms with Gasteiger partial charge in [-0.3, -0.25) is 9.59 Å². The van der Waals surface area contributed by atoms with E-state index in [0.29, 0.717) is 25.9 Å². The minimum atomic E-state index is 0. The van der Waals surface area contributed by atoms with Crippen LogP contribution in [0.25, 0.3) is 0 Å². The summed E-state index contributed by atoms with van der Waals surface area (Å²) < 4.78 is 0. The predicted octanol–water partition coefficient (Wildman–Crippen LogP) is 0.145. The third-order valence-corrected chi connectivity index (χ3v) is 2.81. The number of halogens is 1. The van der Waals surface area contributed by atoms with E-state index in [1.54, 1.807) is 0 Å². The lowest BCUT2D eigenvalue weighted by atomic mass is 10.2. The van der Waals surface area contributed by atoms with Crippen molar-refractivity contribution in [3.05, 3.63) is 0 Å². The quantitative estimate of drug-likeness (QED) is 0.742.